The van der Waals surface area contributed by atoms with Gasteiger partial charge in [0.15, 0.2) is 0 Å². The minimum atomic E-state index is 0.655. The third kappa shape index (κ3) is 4.84. The van der Waals surface area contributed by atoms with Crippen LogP contribution in [0, 0.1) is 18.3 Å². The molecular formula is C16H24N2O2. The standard InChI is InChI=1S/C16H24N2O2/c1-4-19-11-9-18(10-12-20-5-2)16-14(3)7-6-8-15(16)13-17/h6-8H,4-5,9-12H2,1-3H3. The summed E-state index contributed by atoms with van der Waals surface area (Å²) < 4.78 is 10.9. The molecule has 0 N–H and O–H groups in total. The van der Waals surface area contributed by atoms with E-state index in [1.54, 1.807) is 0 Å². The lowest BCUT2D eigenvalue weighted by atomic mass is 10.1. The number of anilines is 1. The molecule has 0 aromatic heterocycles. The summed E-state index contributed by atoms with van der Waals surface area (Å²) in [6.45, 7) is 10.3. The predicted octanol–water partition coefficient (Wildman–Crippen LogP) is 2.75. The first-order valence-corrected chi connectivity index (χ1v) is 7.14. The third-order valence-electron chi connectivity index (χ3n) is 3.09. The second-order valence-electron chi connectivity index (χ2n) is 4.46. The Kier molecular flexibility index (Phi) is 7.71. The second-order valence-corrected chi connectivity index (χ2v) is 4.46. The van der Waals surface area contributed by atoms with E-state index in [0.29, 0.717) is 32.0 Å². The first-order chi connectivity index (χ1) is 9.74. The summed E-state index contributed by atoms with van der Waals surface area (Å²) in [5, 5.41) is 9.30. The van der Waals surface area contributed by atoms with Crippen LogP contribution in [0.1, 0.15) is 25.0 Å². The first kappa shape index (κ1) is 16.5. The van der Waals surface area contributed by atoms with Crippen molar-refractivity contribution in [3.8, 4) is 6.07 Å². The average Bonchev–Trinajstić information content (AvgIpc) is 2.46. The number of rotatable bonds is 9. The van der Waals surface area contributed by atoms with Gasteiger partial charge >= 0.3 is 0 Å². The molecule has 0 aliphatic rings. The van der Waals surface area contributed by atoms with E-state index in [2.05, 4.69) is 11.0 Å². The lowest BCUT2D eigenvalue weighted by Gasteiger charge is -2.27. The quantitative estimate of drug-likeness (QED) is 0.651. The highest BCUT2D eigenvalue weighted by atomic mass is 16.5. The predicted molar refractivity (Wildman–Crippen MR) is 81.1 cm³/mol. The molecule has 1 aromatic carbocycles. The van der Waals surface area contributed by atoms with Gasteiger partial charge in [0.2, 0.25) is 0 Å². The molecule has 0 saturated carbocycles. The average molecular weight is 276 g/mol. The van der Waals surface area contributed by atoms with Crippen molar-refractivity contribution in [1.29, 1.82) is 5.26 Å². The van der Waals surface area contributed by atoms with E-state index in [1.165, 1.54) is 0 Å². The monoisotopic (exact) mass is 276 g/mol. The number of benzene rings is 1. The van der Waals surface area contributed by atoms with Crippen LogP contribution in [-0.4, -0.2) is 39.5 Å². The molecule has 20 heavy (non-hydrogen) atoms. The fourth-order valence-corrected chi connectivity index (χ4v) is 2.14. The van der Waals surface area contributed by atoms with Gasteiger partial charge in [0, 0.05) is 26.3 Å². The Morgan fingerprint density at radius 2 is 1.70 bits per heavy atom. The van der Waals surface area contributed by atoms with Gasteiger partial charge < -0.3 is 14.4 Å². The molecule has 4 heteroatoms. The second kappa shape index (κ2) is 9.35. The van der Waals surface area contributed by atoms with Crippen molar-refractivity contribution in [2.45, 2.75) is 20.8 Å². The first-order valence-electron chi connectivity index (χ1n) is 7.14. The molecule has 110 valence electrons. The molecule has 0 aliphatic heterocycles. The van der Waals surface area contributed by atoms with Crippen LogP contribution in [0.15, 0.2) is 18.2 Å². The Morgan fingerprint density at radius 1 is 1.10 bits per heavy atom. The van der Waals surface area contributed by atoms with Gasteiger partial charge in [0.25, 0.3) is 0 Å². The van der Waals surface area contributed by atoms with Crippen molar-refractivity contribution in [3.63, 3.8) is 0 Å². The Morgan fingerprint density at radius 3 is 2.20 bits per heavy atom. The van der Waals surface area contributed by atoms with E-state index in [4.69, 9.17) is 9.47 Å². The summed E-state index contributed by atoms with van der Waals surface area (Å²) in [6, 6.07) is 8.08. The Bertz CT molecular complexity index is 431. The molecule has 0 spiro atoms. The SMILES string of the molecule is CCOCCN(CCOCC)c1c(C)cccc1C#N. The van der Waals surface area contributed by atoms with Crippen molar-refractivity contribution >= 4 is 5.69 Å². The van der Waals surface area contributed by atoms with E-state index in [-0.39, 0.29) is 0 Å². The summed E-state index contributed by atoms with van der Waals surface area (Å²) in [5.74, 6) is 0. The molecule has 1 aromatic rings. The third-order valence-corrected chi connectivity index (χ3v) is 3.09. The van der Waals surface area contributed by atoms with Crippen molar-refractivity contribution in [2.24, 2.45) is 0 Å². The molecule has 0 atom stereocenters. The van der Waals surface area contributed by atoms with Crippen molar-refractivity contribution < 1.29 is 9.47 Å². The number of nitrogens with zero attached hydrogens (tertiary/aromatic N) is 2. The fraction of sp³-hybridized carbons (Fsp3) is 0.562. The minimum Gasteiger partial charge on any atom is -0.380 e. The summed E-state index contributed by atoms with van der Waals surface area (Å²) in [7, 11) is 0. The van der Waals surface area contributed by atoms with Crippen molar-refractivity contribution in [2.75, 3.05) is 44.4 Å². The van der Waals surface area contributed by atoms with Gasteiger partial charge in [-0.15, -0.1) is 0 Å². The Balaban J connectivity index is 2.88. The summed E-state index contributed by atoms with van der Waals surface area (Å²) >= 11 is 0. The highest BCUT2D eigenvalue weighted by molar-refractivity contribution is 5.64. The number of aryl methyl sites for hydroxylation is 1. The molecule has 0 saturated heterocycles. The van der Waals surface area contributed by atoms with Gasteiger partial charge in [-0.05, 0) is 32.4 Å². The number of nitriles is 1. The van der Waals surface area contributed by atoms with E-state index in [9.17, 15) is 5.26 Å². The lowest BCUT2D eigenvalue weighted by molar-refractivity contribution is 0.141. The molecule has 0 unspecified atom stereocenters. The normalized spacial score (nSPS) is 10.3. The van der Waals surface area contributed by atoms with Crippen LogP contribution in [0.5, 0.6) is 0 Å². The maximum absolute atomic E-state index is 9.30. The topological polar surface area (TPSA) is 45.5 Å². The van der Waals surface area contributed by atoms with Crippen LogP contribution in [0.4, 0.5) is 5.69 Å². The van der Waals surface area contributed by atoms with Gasteiger partial charge in [-0.25, -0.2) is 0 Å². The molecule has 0 fully saturated rings. The molecule has 0 bridgehead atoms. The smallest absolute Gasteiger partial charge is 0.101 e. The number of ether oxygens (including phenoxy) is 2. The number of para-hydroxylation sites is 1. The molecule has 1 rings (SSSR count). The Hall–Kier alpha value is -1.57. The summed E-state index contributed by atoms with van der Waals surface area (Å²) in [5.41, 5.74) is 2.81. The molecule has 0 radical (unpaired) electrons. The molecule has 4 nitrogen and oxygen atoms in total. The molecule has 0 amide bonds. The van der Waals surface area contributed by atoms with Crippen LogP contribution in [0.25, 0.3) is 0 Å². The highest BCUT2D eigenvalue weighted by Gasteiger charge is 2.13. The lowest BCUT2D eigenvalue weighted by Crippen LogP contribution is -2.32. The van der Waals surface area contributed by atoms with Crippen molar-refractivity contribution in [3.05, 3.63) is 29.3 Å². The summed E-state index contributed by atoms with van der Waals surface area (Å²) in [6.07, 6.45) is 0. The zero-order valence-electron chi connectivity index (χ0n) is 12.7. The van der Waals surface area contributed by atoms with Gasteiger partial charge in [-0.2, -0.15) is 5.26 Å². The van der Waals surface area contributed by atoms with Crippen molar-refractivity contribution in [1.82, 2.24) is 0 Å². The maximum Gasteiger partial charge on any atom is 0.101 e. The number of hydrogen-bond donors (Lipinski definition) is 0. The van der Waals surface area contributed by atoms with Crippen LogP contribution >= 0.6 is 0 Å². The molecule has 0 heterocycles. The minimum absolute atomic E-state index is 0.655. The molecular weight excluding hydrogens is 252 g/mol. The maximum atomic E-state index is 9.30. The van der Waals surface area contributed by atoms with Gasteiger partial charge in [0.1, 0.15) is 6.07 Å². The molecule has 0 aliphatic carbocycles. The van der Waals surface area contributed by atoms with Gasteiger partial charge in [0.05, 0.1) is 24.5 Å². The number of hydrogen-bond acceptors (Lipinski definition) is 4. The van der Waals surface area contributed by atoms with Crippen LogP contribution in [0.3, 0.4) is 0 Å². The van der Waals surface area contributed by atoms with E-state index < -0.39 is 0 Å². The van der Waals surface area contributed by atoms with Crippen LogP contribution in [-0.2, 0) is 9.47 Å². The van der Waals surface area contributed by atoms with E-state index in [1.807, 2.05) is 39.0 Å². The van der Waals surface area contributed by atoms with Crippen LogP contribution in [0.2, 0.25) is 0 Å². The zero-order chi connectivity index (χ0) is 14.8. The van der Waals surface area contributed by atoms with E-state index in [0.717, 1.165) is 24.3 Å². The van der Waals surface area contributed by atoms with Gasteiger partial charge in [-0.3, -0.25) is 0 Å². The zero-order valence-corrected chi connectivity index (χ0v) is 12.7. The summed E-state index contributed by atoms with van der Waals surface area (Å²) in [4.78, 5) is 2.18. The largest absolute Gasteiger partial charge is 0.380 e. The fourth-order valence-electron chi connectivity index (χ4n) is 2.14. The van der Waals surface area contributed by atoms with Crippen LogP contribution < -0.4 is 4.90 Å². The Labute approximate surface area is 121 Å². The van der Waals surface area contributed by atoms with E-state index >= 15 is 0 Å². The van der Waals surface area contributed by atoms with Gasteiger partial charge in [-0.1, -0.05) is 12.1 Å². The highest BCUT2D eigenvalue weighted by Crippen LogP contribution is 2.24.